The van der Waals surface area contributed by atoms with E-state index in [-0.39, 0.29) is 0 Å². The van der Waals surface area contributed by atoms with Crippen LogP contribution in [0.5, 0.6) is 0 Å². The fourth-order valence-electron chi connectivity index (χ4n) is 4.02. The molecule has 2 atom stereocenters. The quantitative estimate of drug-likeness (QED) is 0.852. The van der Waals surface area contributed by atoms with E-state index in [1.165, 1.54) is 45.3 Å². The van der Waals surface area contributed by atoms with Crippen molar-refractivity contribution >= 4 is 5.95 Å². The molecule has 21 heavy (non-hydrogen) atoms. The van der Waals surface area contributed by atoms with Crippen molar-refractivity contribution in [1.82, 2.24) is 25.4 Å². The minimum atomic E-state index is 0.644. The van der Waals surface area contributed by atoms with E-state index in [1.807, 2.05) is 0 Å². The van der Waals surface area contributed by atoms with E-state index < -0.39 is 0 Å². The van der Waals surface area contributed by atoms with Gasteiger partial charge in [-0.1, -0.05) is 0 Å². The molecule has 4 heterocycles. The topological polar surface area (TPSA) is 60.1 Å². The molecule has 1 aromatic rings. The fourth-order valence-corrected chi connectivity index (χ4v) is 4.02. The first-order valence-electron chi connectivity index (χ1n) is 8.50. The summed E-state index contributed by atoms with van der Waals surface area (Å²) >= 11 is 0. The molecule has 0 aromatic carbocycles. The highest BCUT2D eigenvalue weighted by Crippen LogP contribution is 2.27. The number of likely N-dealkylation sites (tertiary alicyclic amines) is 1. The highest BCUT2D eigenvalue weighted by molar-refractivity contribution is 5.32. The van der Waals surface area contributed by atoms with Gasteiger partial charge in [0, 0.05) is 32.1 Å². The van der Waals surface area contributed by atoms with Gasteiger partial charge >= 0.3 is 0 Å². The van der Waals surface area contributed by atoms with Crippen molar-refractivity contribution in [3.8, 4) is 0 Å². The molecule has 0 amide bonds. The number of aromatic amines is 1. The Morgan fingerprint density at radius 2 is 2.05 bits per heavy atom. The Morgan fingerprint density at radius 3 is 2.90 bits per heavy atom. The van der Waals surface area contributed by atoms with Crippen LogP contribution in [0.2, 0.25) is 0 Å². The first kappa shape index (κ1) is 13.5. The van der Waals surface area contributed by atoms with Crippen molar-refractivity contribution in [2.24, 2.45) is 5.92 Å². The van der Waals surface area contributed by atoms with E-state index in [0.717, 1.165) is 43.7 Å². The Hall–Kier alpha value is -1.14. The summed E-state index contributed by atoms with van der Waals surface area (Å²) in [5.41, 5.74) is 0. The van der Waals surface area contributed by atoms with E-state index in [0.29, 0.717) is 6.04 Å². The van der Waals surface area contributed by atoms with E-state index in [9.17, 15) is 0 Å². The zero-order valence-electron chi connectivity index (χ0n) is 12.7. The summed E-state index contributed by atoms with van der Waals surface area (Å²) in [5.74, 6) is 2.73. The van der Waals surface area contributed by atoms with Crippen molar-refractivity contribution in [2.45, 2.75) is 38.1 Å². The van der Waals surface area contributed by atoms with E-state index in [1.54, 1.807) is 0 Å². The minimum absolute atomic E-state index is 0.644. The third-order valence-electron chi connectivity index (χ3n) is 5.27. The average molecular weight is 290 g/mol. The molecule has 116 valence electrons. The maximum absolute atomic E-state index is 4.72. The maximum Gasteiger partial charge on any atom is 0.244 e. The first-order chi connectivity index (χ1) is 10.4. The van der Waals surface area contributed by atoms with Crippen LogP contribution in [0.25, 0.3) is 0 Å². The smallest absolute Gasteiger partial charge is 0.244 e. The predicted molar refractivity (Wildman–Crippen MR) is 82.5 cm³/mol. The number of hydrogen-bond donors (Lipinski definition) is 2. The van der Waals surface area contributed by atoms with Gasteiger partial charge in [0.15, 0.2) is 0 Å². The molecular formula is C15H26N6. The highest BCUT2D eigenvalue weighted by Gasteiger charge is 2.35. The van der Waals surface area contributed by atoms with Gasteiger partial charge in [0.2, 0.25) is 5.95 Å². The number of aromatic nitrogens is 3. The van der Waals surface area contributed by atoms with Crippen LogP contribution >= 0.6 is 0 Å². The van der Waals surface area contributed by atoms with Gasteiger partial charge in [-0.15, -0.1) is 5.10 Å². The van der Waals surface area contributed by atoms with Crippen molar-refractivity contribution in [3.63, 3.8) is 0 Å². The summed E-state index contributed by atoms with van der Waals surface area (Å²) in [7, 11) is 0. The zero-order chi connectivity index (χ0) is 14.1. The second-order valence-corrected chi connectivity index (χ2v) is 6.75. The predicted octanol–water partition coefficient (Wildman–Crippen LogP) is 0.631. The molecule has 3 saturated heterocycles. The van der Waals surface area contributed by atoms with Crippen molar-refractivity contribution in [2.75, 3.05) is 44.2 Å². The summed E-state index contributed by atoms with van der Waals surface area (Å²) in [6.07, 6.45) is 6.35. The van der Waals surface area contributed by atoms with Gasteiger partial charge in [-0.2, -0.15) is 4.98 Å². The summed E-state index contributed by atoms with van der Waals surface area (Å²) in [6.45, 7) is 6.96. The third kappa shape index (κ3) is 2.92. The van der Waals surface area contributed by atoms with Gasteiger partial charge in [0.25, 0.3) is 0 Å². The lowest BCUT2D eigenvalue weighted by Crippen LogP contribution is -2.40. The molecule has 2 N–H and O–H groups in total. The summed E-state index contributed by atoms with van der Waals surface area (Å²) < 4.78 is 0. The van der Waals surface area contributed by atoms with E-state index in [4.69, 9.17) is 4.98 Å². The monoisotopic (exact) mass is 290 g/mol. The summed E-state index contributed by atoms with van der Waals surface area (Å²) in [6, 6.07) is 0.644. The van der Waals surface area contributed by atoms with Gasteiger partial charge < -0.3 is 15.1 Å². The molecule has 3 aliphatic rings. The molecule has 0 saturated carbocycles. The lowest BCUT2D eigenvalue weighted by molar-refractivity contribution is 0.340. The molecular weight excluding hydrogens is 264 g/mol. The van der Waals surface area contributed by atoms with Crippen LogP contribution in [-0.2, 0) is 6.42 Å². The highest BCUT2D eigenvalue weighted by atomic mass is 15.4. The number of anilines is 1. The van der Waals surface area contributed by atoms with Crippen LogP contribution in [0.3, 0.4) is 0 Å². The average Bonchev–Trinajstić information content (AvgIpc) is 3.24. The molecule has 0 spiro atoms. The number of H-pyrrole nitrogens is 1. The Kier molecular flexibility index (Phi) is 3.82. The van der Waals surface area contributed by atoms with Gasteiger partial charge in [0.05, 0.1) is 0 Å². The molecule has 0 bridgehead atoms. The van der Waals surface area contributed by atoms with E-state index in [2.05, 4.69) is 25.3 Å². The first-order valence-corrected chi connectivity index (χ1v) is 8.50. The Morgan fingerprint density at radius 1 is 1.14 bits per heavy atom. The summed E-state index contributed by atoms with van der Waals surface area (Å²) in [5, 5.41) is 11.2. The molecule has 6 nitrogen and oxygen atoms in total. The number of nitrogens with one attached hydrogen (secondary N) is 2. The van der Waals surface area contributed by atoms with Crippen LogP contribution in [0, 0.1) is 5.92 Å². The fraction of sp³-hybridized carbons (Fsp3) is 0.867. The van der Waals surface area contributed by atoms with Crippen molar-refractivity contribution < 1.29 is 0 Å². The van der Waals surface area contributed by atoms with E-state index >= 15 is 0 Å². The Labute approximate surface area is 126 Å². The van der Waals surface area contributed by atoms with Gasteiger partial charge in [-0.3, -0.25) is 5.10 Å². The second-order valence-electron chi connectivity index (χ2n) is 6.75. The lowest BCUT2D eigenvalue weighted by Gasteiger charge is -2.24. The molecule has 0 radical (unpaired) electrons. The largest absolute Gasteiger partial charge is 0.338 e. The molecule has 3 aliphatic heterocycles. The number of rotatable bonds is 4. The standard InChI is InChI=1S/C15H26N6/c1-2-8-20(7-1)9-5-14-17-15(19-18-14)21-10-12-4-3-6-16-13(12)11-21/h12-13,16H,1-11H2,(H,17,18,19). The van der Waals surface area contributed by atoms with Gasteiger partial charge in [-0.05, 0) is 51.2 Å². The van der Waals surface area contributed by atoms with Crippen LogP contribution < -0.4 is 10.2 Å². The number of hydrogen-bond acceptors (Lipinski definition) is 5. The molecule has 1 aromatic heterocycles. The third-order valence-corrected chi connectivity index (χ3v) is 5.27. The normalized spacial score (nSPS) is 30.0. The van der Waals surface area contributed by atoms with Crippen LogP contribution in [0.15, 0.2) is 0 Å². The summed E-state index contributed by atoms with van der Waals surface area (Å²) in [4.78, 5) is 9.59. The van der Waals surface area contributed by atoms with Crippen LogP contribution in [-0.4, -0.2) is 65.4 Å². The van der Waals surface area contributed by atoms with Gasteiger partial charge in [-0.25, -0.2) is 0 Å². The van der Waals surface area contributed by atoms with Crippen molar-refractivity contribution in [1.29, 1.82) is 0 Å². The zero-order valence-corrected chi connectivity index (χ0v) is 12.7. The van der Waals surface area contributed by atoms with Crippen molar-refractivity contribution in [3.05, 3.63) is 5.82 Å². The lowest BCUT2D eigenvalue weighted by atomic mass is 9.94. The minimum Gasteiger partial charge on any atom is -0.338 e. The number of fused-ring (bicyclic) bond motifs is 1. The Bertz CT molecular complexity index is 452. The Balaban J connectivity index is 1.33. The molecule has 2 unspecified atom stereocenters. The number of nitrogens with zero attached hydrogens (tertiary/aromatic N) is 4. The van der Waals surface area contributed by atoms with Crippen LogP contribution in [0.4, 0.5) is 5.95 Å². The number of piperidine rings is 1. The molecule has 0 aliphatic carbocycles. The molecule has 4 rings (SSSR count). The maximum atomic E-state index is 4.72. The molecule has 6 heteroatoms. The van der Waals surface area contributed by atoms with Gasteiger partial charge in [0.1, 0.15) is 5.82 Å². The second kappa shape index (κ2) is 5.93. The molecule has 3 fully saturated rings. The van der Waals surface area contributed by atoms with Crippen LogP contribution in [0.1, 0.15) is 31.5 Å². The SMILES string of the molecule is C1CNC2CN(c3n[nH]c(CCN4CCCC4)n3)CC2C1.